The molecule has 2 rings (SSSR count). The number of amides is 2. The largest absolute Gasteiger partial charge is 0.343 e. The molecular weight excluding hydrogens is 308 g/mol. The van der Waals surface area contributed by atoms with Crippen molar-refractivity contribution >= 4 is 27.7 Å². The zero-order valence-electron chi connectivity index (χ0n) is 11.0. The Bertz CT molecular complexity index is 504. The Labute approximate surface area is 121 Å². The highest BCUT2D eigenvalue weighted by Crippen LogP contribution is 2.25. The molecule has 4 nitrogen and oxygen atoms in total. The van der Waals surface area contributed by atoms with Gasteiger partial charge in [0.05, 0.1) is 6.04 Å². The van der Waals surface area contributed by atoms with E-state index in [-0.39, 0.29) is 24.4 Å². The van der Waals surface area contributed by atoms with Crippen molar-refractivity contribution in [3.8, 4) is 0 Å². The monoisotopic (exact) mass is 324 g/mol. The molecule has 1 aromatic carbocycles. The SMILES string of the molecule is CCC1NC(=O)CN(C(C)c2cccc(Br)c2)C1=O. The Hall–Kier alpha value is -1.36. The summed E-state index contributed by atoms with van der Waals surface area (Å²) in [5, 5.41) is 2.72. The van der Waals surface area contributed by atoms with E-state index in [0.29, 0.717) is 6.42 Å². The minimum atomic E-state index is -0.393. The van der Waals surface area contributed by atoms with Crippen LogP contribution in [0.5, 0.6) is 0 Å². The Kier molecular flexibility index (Phi) is 4.24. The minimum absolute atomic E-state index is 0.00502. The van der Waals surface area contributed by atoms with Gasteiger partial charge in [0.1, 0.15) is 12.6 Å². The maximum absolute atomic E-state index is 12.3. The molecule has 1 fully saturated rings. The lowest BCUT2D eigenvalue weighted by Crippen LogP contribution is -2.58. The van der Waals surface area contributed by atoms with Crippen molar-refractivity contribution in [2.24, 2.45) is 0 Å². The number of halogens is 1. The van der Waals surface area contributed by atoms with Crippen LogP contribution in [-0.4, -0.2) is 29.3 Å². The van der Waals surface area contributed by atoms with Gasteiger partial charge in [-0.1, -0.05) is 35.0 Å². The van der Waals surface area contributed by atoms with Crippen LogP contribution in [0.1, 0.15) is 31.9 Å². The highest BCUT2D eigenvalue weighted by Gasteiger charge is 2.34. The number of rotatable bonds is 3. The van der Waals surface area contributed by atoms with Gasteiger partial charge in [0, 0.05) is 4.47 Å². The molecule has 2 atom stereocenters. The summed E-state index contributed by atoms with van der Waals surface area (Å²) >= 11 is 3.42. The number of hydrogen-bond acceptors (Lipinski definition) is 2. The molecule has 0 aromatic heterocycles. The summed E-state index contributed by atoms with van der Waals surface area (Å²) in [6.45, 7) is 3.98. The van der Waals surface area contributed by atoms with E-state index in [9.17, 15) is 9.59 Å². The molecule has 0 bridgehead atoms. The van der Waals surface area contributed by atoms with Gasteiger partial charge in [-0.15, -0.1) is 0 Å². The van der Waals surface area contributed by atoms with Crippen LogP contribution in [-0.2, 0) is 9.59 Å². The van der Waals surface area contributed by atoms with Gasteiger partial charge in [-0.05, 0) is 31.0 Å². The summed E-state index contributed by atoms with van der Waals surface area (Å²) in [6, 6.07) is 7.32. The summed E-state index contributed by atoms with van der Waals surface area (Å²) in [6.07, 6.45) is 0.617. The summed E-state index contributed by atoms with van der Waals surface area (Å²) < 4.78 is 0.970. The first-order valence-electron chi connectivity index (χ1n) is 6.38. The van der Waals surface area contributed by atoms with E-state index < -0.39 is 6.04 Å². The lowest BCUT2D eigenvalue weighted by molar-refractivity contribution is -0.146. The van der Waals surface area contributed by atoms with Crippen molar-refractivity contribution in [1.29, 1.82) is 0 Å². The Balaban J connectivity index is 2.24. The van der Waals surface area contributed by atoms with Crippen molar-refractivity contribution in [1.82, 2.24) is 10.2 Å². The van der Waals surface area contributed by atoms with Crippen molar-refractivity contribution in [3.05, 3.63) is 34.3 Å². The van der Waals surface area contributed by atoms with Gasteiger partial charge in [0.15, 0.2) is 0 Å². The molecule has 102 valence electrons. The molecule has 1 N–H and O–H groups in total. The Morgan fingerprint density at radius 2 is 2.21 bits per heavy atom. The van der Waals surface area contributed by atoms with Crippen LogP contribution < -0.4 is 5.32 Å². The molecule has 1 saturated heterocycles. The predicted octanol–water partition coefficient (Wildman–Crippen LogP) is 2.25. The van der Waals surface area contributed by atoms with Crippen molar-refractivity contribution in [3.63, 3.8) is 0 Å². The molecule has 0 saturated carbocycles. The van der Waals surface area contributed by atoms with E-state index >= 15 is 0 Å². The van der Waals surface area contributed by atoms with Crippen LogP contribution in [0.4, 0.5) is 0 Å². The third-order valence-electron chi connectivity index (χ3n) is 3.44. The molecule has 0 radical (unpaired) electrons. The fourth-order valence-electron chi connectivity index (χ4n) is 2.29. The van der Waals surface area contributed by atoms with Gasteiger partial charge >= 0.3 is 0 Å². The maximum atomic E-state index is 12.3. The van der Waals surface area contributed by atoms with Crippen LogP contribution in [0.15, 0.2) is 28.7 Å². The first-order chi connectivity index (χ1) is 9.02. The first-order valence-corrected chi connectivity index (χ1v) is 7.17. The normalized spacial score (nSPS) is 21.2. The van der Waals surface area contributed by atoms with E-state index in [1.54, 1.807) is 4.90 Å². The quantitative estimate of drug-likeness (QED) is 0.927. The number of carbonyl (C=O) groups is 2. The van der Waals surface area contributed by atoms with Gasteiger partial charge in [0.2, 0.25) is 11.8 Å². The number of hydrogen-bond donors (Lipinski definition) is 1. The second-order valence-corrected chi connectivity index (χ2v) is 5.64. The lowest BCUT2D eigenvalue weighted by Gasteiger charge is -2.36. The number of nitrogens with one attached hydrogen (secondary N) is 1. The highest BCUT2D eigenvalue weighted by molar-refractivity contribution is 9.10. The van der Waals surface area contributed by atoms with Crippen LogP contribution in [0.3, 0.4) is 0 Å². The third kappa shape index (κ3) is 2.97. The second-order valence-electron chi connectivity index (χ2n) is 4.73. The molecule has 0 aliphatic carbocycles. The fraction of sp³-hybridized carbons (Fsp3) is 0.429. The standard InChI is InChI=1S/C14H17BrN2O2/c1-3-12-14(19)17(8-13(18)16-12)9(2)10-5-4-6-11(15)7-10/h4-7,9,12H,3,8H2,1-2H3,(H,16,18). The smallest absolute Gasteiger partial charge is 0.246 e. The van der Waals surface area contributed by atoms with Crippen LogP contribution >= 0.6 is 15.9 Å². The molecule has 19 heavy (non-hydrogen) atoms. The van der Waals surface area contributed by atoms with Crippen LogP contribution in [0.25, 0.3) is 0 Å². The van der Waals surface area contributed by atoms with Crippen molar-refractivity contribution in [2.45, 2.75) is 32.4 Å². The van der Waals surface area contributed by atoms with Gasteiger partial charge in [-0.3, -0.25) is 9.59 Å². The summed E-state index contributed by atoms with van der Waals surface area (Å²) in [4.78, 5) is 25.6. The zero-order valence-corrected chi connectivity index (χ0v) is 12.6. The van der Waals surface area contributed by atoms with Crippen LogP contribution in [0, 0.1) is 0 Å². The molecule has 2 unspecified atom stereocenters. The Morgan fingerprint density at radius 1 is 1.47 bits per heavy atom. The molecule has 1 aliphatic heterocycles. The van der Waals surface area contributed by atoms with E-state index in [1.807, 2.05) is 38.1 Å². The molecule has 1 heterocycles. The number of carbonyl (C=O) groups excluding carboxylic acids is 2. The maximum Gasteiger partial charge on any atom is 0.246 e. The summed E-state index contributed by atoms with van der Waals surface area (Å²) in [7, 11) is 0. The van der Waals surface area contributed by atoms with E-state index in [4.69, 9.17) is 0 Å². The van der Waals surface area contributed by atoms with Gasteiger partial charge in [-0.25, -0.2) is 0 Å². The minimum Gasteiger partial charge on any atom is -0.343 e. The fourth-order valence-corrected chi connectivity index (χ4v) is 2.70. The predicted molar refractivity (Wildman–Crippen MR) is 76.5 cm³/mol. The molecule has 1 aliphatic rings. The second kappa shape index (κ2) is 5.74. The lowest BCUT2D eigenvalue weighted by atomic mass is 10.0. The number of nitrogens with zero attached hydrogens (tertiary/aromatic N) is 1. The van der Waals surface area contributed by atoms with Gasteiger partial charge < -0.3 is 10.2 Å². The summed E-state index contributed by atoms with van der Waals surface area (Å²) in [5.41, 5.74) is 1.02. The Morgan fingerprint density at radius 3 is 2.84 bits per heavy atom. The van der Waals surface area contributed by atoms with Crippen molar-refractivity contribution < 1.29 is 9.59 Å². The molecule has 0 spiro atoms. The van der Waals surface area contributed by atoms with Gasteiger partial charge in [0.25, 0.3) is 0 Å². The molecule has 2 amide bonds. The average molecular weight is 325 g/mol. The van der Waals surface area contributed by atoms with Crippen LogP contribution in [0.2, 0.25) is 0 Å². The zero-order chi connectivity index (χ0) is 14.0. The third-order valence-corrected chi connectivity index (χ3v) is 3.93. The summed E-state index contributed by atoms with van der Waals surface area (Å²) in [5.74, 6) is -0.0946. The first kappa shape index (κ1) is 14.1. The van der Waals surface area contributed by atoms with E-state index in [0.717, 1.165) is 10.0 Å². The molecule has 1 aromatic rings. The highest BCUT2D eigenvalue weighted by atomic mass is 79.9. The average Bonchev–Trinajstić information content (AvgIpc) is 2.40. The molecule has 5 heteroatoms. The van der Waals surface area contributed by atoms with E-state index in [1.165, 1.54) is 0 Å². The number of piperazine rings is 1. The molecular formula is C14H17BrN2O2. The van der Waals surface area contributed by atoms with Gasteiger partial charge in [-0.2, -0.15) is 0 Å². The topological polar surface area (TPSA) is 49.4 Å². The van der Waals surface area contributed by atoms with Crippen molar-refractivity contribution in [2.75, 3.05) is 6.54 Å². The number of benzene rings is 1. The van der Waals surface area contributed by atoms with E-state index in [2.05, 4.69) is 21.2 Å².